The van der Waals surface area contributed by atoms with E-state index < -0.39 is 0 Å². The van der Waals surface area contributed by atoms with Crippen molar-refractivity contribution in [3.63, 3.8) is 0 Å². The summed E-state index contributed by atoms with van der Waals surface area (Å²) in [6, 6.07) is 5.39. The Balaban J connectivity index is 1.84. The van der Waals surface area contributed by atoms with Gasteiger partial charge < -0.3 is 15.4 Å². The first-order chi connectivity index (χ1) is 10.5. The van der Waals surface area contributed by atoms with Crippen LogP contribution in [0, 0.1) is 5.92 Å². The maximum atomic E-state index is 12.1. The molecule has 2 rings (SSSR count). The second-order valence-electron chi connectivity index (χ2n) is 5.45. The van der Waals surface area contributed by atoms with Crippen molar-refractivity contribution in [2.45, 2.75) is 26.2 Å². The largest absolute Gasteiger partial charge is 0.484 e. The lowest BCUT2D eigenvalue weighted by Gasteiger charge is -2.30. The number of carbonyl (C=O) groups is 2. The Kier molecular flexibility index (Phi) is 5.66. The number of benzene rings is 1. The fourth-order valence-electron chi connectivity index (χ4n) is 2.56. The summed E-state index contributed by atoms with van der Waals surface area (Å²) >= 11 is 6.05. The molecule has 1 saturated heterocycles. The molecule has 1 aliphatic heterocycles. The van der Waals surface area contributed by atoms with Gasteiger partial charge in [-0.05, 0) is 43.0 Å². The summed E-state index contributed by atoms with van der Waals surface area (Å²) in [6.45, 7) is 3.11. The maximum absolute atomic E-state index is 12.1. The zero-order chi connectivity index (χ0) is 16.1. The Morgan fingerprint density at radius 1 is 1.36 bits per heavy atom. The first-order valence-electron chi connectivity index (χ1n) is 7.49. The van der Waals surface area contributed by atoms with Crippen molar-refractivity contribution >= 4 is 23.4 Å². The quantitative estimate of drug-likeness (QED) is 0.900. The molecule has 0 aromatic heterocycles. The Morgan fingerprint density at radius 2 is 2.05 bits per heavy atom. The van der Waals surface area contributed by atoms with E-state index in [1.54, 1.807) is 17.0 Å². The van der Waals surface area contributed by atoms with Crippen LogP contribution in [-0.4, -0.2) is 36.4 Å². The first kappa shape index (κ1) is 16.6. The van der Waals surface area contributed by atoms with Crippen LogP contribution in [0.3, 0.4) is 0 Å². The number of nitrogens with zero attached hydrogens (tertiary/aromatic N) is 1. The fourth-order valence-corrected chi connectivity index (χ4v) is 2.81. The third-order valence-corrected chi connectivity index (χ3v) is 4.38. The Labute approximate surface area is 135 Å². The molecule has 1 aromatic carbocycles. The summed E-state index contributed by atoms with van der Waals surface area (Å²) in [5, 5.41) is 0.703. The predicted molar refractivity (Wildman–Crippen MR) is 84.8 cm³/mol. The number of carbonyl (C=O) groups excluding carboxylic acids is 2. The molecule has 2 amide bonds. The van der Waals surface area contributed by atoms with E-state index in [1.807, 2.05) is 13.0 Å². The molecule has 2 N–H and O–H groups in total. The van der Waals surface area contributed by atoms with Gasteiger partial charge in [-0.3, -0.25) is 9.59 Å². The van der Waals surface area contributed by atoms with E-state index in [0.29, 0.717) is 36.7 Å². The van der Waals surface area contributed by atoms with Gasteiger partial charge in [0.05, 0.1) is 0 Å². The normalized spacial score (nSPS) is 15.6. The smallest absolute Gasteiger partial charge is 0.260 e. The Hall–Kier alpha value is -1.75. The molecule has 0 aliphatic carbocycles. The van der Waals surface area contributed by atoms with Crippen LogP contribution in [0.2, 0.25) is 5.02 Å². The number of hydrogen-bond donors (Lipinski definition) is 1. The minimum Gasteiger partial charge on any atom is -0.484 e. The summed E-state index contributed by atoms with van der Waals surface area (Å²) in [6.07, 6.45) is 2.06. The van der Waals surface area contributed by atoms with Gasteiger partial charge >= 0.3 is 0 Å². The fraction of sp³-hybridized carbons (Fsp3) is 0.500. The number of nitrogens with two attached hydrogens (primary N) is 1. The molecule has 0 bridgehead atoms. The van der Waals surface area contributed by atoms with E-state index in [2.05, 4.69) is 0 Å². The molecule has 1 aliphatic rings. The third-order valence-electron chi connectivity index (χ3n) is 4.01. The average Bonchev–Trinajstić information content (AvgIpc) is 2.53. The van der Waals surface area contributed by atoms with Crippen molar-refractivity contribution in [1.82, 2.24) is 4.90 Å². The lowest BCUT2D eigenvalue weighted by Crippen LogP contribution is -2.43. The summed E-state index contributed by atoms with van der Waals surface area (Å²) in [5.74, 6) is 0.169. The van der Waals surface area contributed by atoms with E-state index >= 15 is 0 Å². The van der Waals surface area contributed by atoms with Crippen molar-refractivity contribution in [1.29, 1.82) is 0 Å². The van der Waals surface area contributed by atoms with Crippen LogP contribution >= 0.6 is 11.6 Å². The zero-order valence-electron chi connectivity index (χ0n) is 12.7. The zero-order valence-corrected chi connectivity index (χ0v) is 13.4. The molecular weight excluding hydrogens is 304 g/mol. The molecule has 6 heteroatoms. The topological polar surface area (TPSA) is 72.6 Å². The molecule has 0 unspecified atom stereocenters. The molecule has 0 spiro atoms. The number of ether oxygens (including phenoxy) is 1. The van der Waals surface area contributed by atoms with Crippen LogP contribution in [0.15, 0.2) is 18.2 Å². The second-order valence-corrected chi connectivity index (χ2v) is 5.86. The number of primary amides is 1. The average molecular weight is 325 g/mol. The summed E-state index contributed by atoms with van der Waals surface area (Å²) in [5.41, 5.74) is 6.28. The van der Waals surface area contributed by atoms with Crippen molar-refractivity contribution in [2.24, 2.45) is 11.7 Å². The highest BCUT2D eigenvalue weighted by atomic mass is 35.5. The summed E-state index contributed by atoms with van der Waals surface area (Å²) in [4.78, 5) is 25.0. The van der Waals surface area contributed by atoms with Gasteiger partial charge in [0.2, 0.25) is 5.91 Å². The van der Waals surface area contributed by atoms with E-state index in [9.17, 15) is 9.59 Å². The SMILES string of the molecule is CCc1cc(OCC(=O)N2CCC(C(N)=O)CC2)ccc1Cl. The van der Waals surface area contributed by atoms with E-state index in [-0.39, 0.29) is 24.3 Å². The number of hydrogen-bond acceptors (Lipinski definition) is 3. The molecule has 0 saturated carbocycles. The molecule has 1 fully saturated rings. The molecule has 0 radical (unpaired) electrons. The summed E-state index contributed by atoms with van der Waals surface area (Å²) in [7, 11) is 0. The van der Waals surface area contributed by atoms with Crippen molar-refractivity contribution < 1.29 is 14.3 Å². The molecule has 5 nitrogen and oxygen atoms in total. The predicted octanol–water partition coefficient (Wildman–Crippen LogP) is 2.01. The molecule has 1 heterocycles. The van der Waals surface area contributed by atoms with Gasteiger partial charge in [-0.1, -0.05) is 18.5 Å². The Morgan fingerprint density at radius 3 is 2.64 bits per heavy atom. The Bertz CT molecular complexity index is 554. The molecule has 120 valence electrons. The minimum atomic E-state index is -0.281. The monoisotopic (exact) mass is 324 g/mol. The molecule has 1 aromatic rings. The number of halogens is 1. The van der Waals surface area contributed by atoms with E-state index in [0.717, 1.165) is 12.0 Å². The lowest BCUT2D eigenvalue weighted by molar-refractivity contribution is -0.136. The highest BCUT2D eigenvalue weighted by Crippen LogP contribution is 2.23. The van der Waals surface area contributed by atoms with Crippen LogP contribution in [0.4, 0.5) is 0 Å². The standard InChI is InChI=1S/C16H21ClN2O3/c1-2-11-9-13(3-4-14(11)17)22-10-15(20)19-7-5-12(6-8-19)16(18)21/h3-4,9,12H,2,5-8,10H2,1H3,(H2,18,21). The van der Waals surface area contributed by atoms with Gasteiger partial charge in [0.1, 0.15) is 5.75 Å². The summed E-state index contributed by atoms with van der Waals surface area (Å²) < 4.78 is 5.55. The molecular formula is C16H21ClN2O3. The number of piperidine rings is 1. The van der Waals surface area contributed by atoms with E-state index in [1.165, 1.54) is 0 Å². The van der Waals surface area contributed by atoms with Crippen molar-refractivity contribution in [3.05, 3.63) is 28.8 Å². The van der Waals surface area contributed by atoms with Crippen LogP contribution < -0.4 is 10.5 Å². The number of amides is 2. The van der Waals surface area contributed by atoms with Gasteiger partial charge in [0.15, 0.2) is 6.61 Å². The number of rotatable bonds is 5. The maximum Gasteiger partial charge on any atom is 0.260 e. The highest BCUT2D eigenvalue weighted by molar-refractivity contribution is 6.31. The van der Waals surface area contributed by atoms with Crippen molar-refractivity contribution in [3.8, 4) is 5.75 Å². The second kappa shape index (κ2) is 7.49. The third kappa shape index (κ3) is 4.13. The van der Waals surface area contributed by atoms with Crippen LogP contribution in [0.25, 0.3) is 0 Å². The van der Waals surface area contributed by atoms with Crippen LogP contribution in [-0.2, 0) is 16.0 Å². The van der Waals surface area contributed by atoms with Crippen LogP contribution in [0.5, 0.6) is 5.75 Å². The number of aryl methyl sites for hydroxylation is 1. The van der Waals surface area contributed by atoms with Gasteiger partial charge in [-0.2, -0.15) is 0 Å². The van der Waals surface area contributed by atoms with Gasteiger partial charge in [0.25, 0.3) is 5.91 Å². The minimum absolute atomic E-state index is 0.00791. The number of likely N-dealkylation sites (tertiary alicyclic amines) is 1. The first-order valence-corrected chi connectivity index (χ1v) is 7.87. The van der Waals surface area contributed by atoms with E-state index in [4.69, 9.17) is 22.1 Å². The molecule has 0 atom stereocenters. The lowest BCUT2D eigenvalue weighted by atomic mass is 9.96. The van der Waals surface area contributed by atoms with Gasteiger partial charge in [0, 0.05) is 24.0 Å². The van der Waals surface area contributed by atoms with Gasteiger partial charge in [-0.25, -0.2) is 0 Å². The highest BCUT2D eigenvalue weighted by Gasteiger charge is 2.25. The van der Waals surface area contributed by atoms with Crippen LogP contribution in [0.1, 0.15) is 25.3 Å². The van der Waals surface area contributed by atoms with Gasteiger partial charge in [-0.15, -0.1) is 0 Å². The molecule has 22 heavy (non-hydrogen) atoms. The van der Waals surface area contributed by atoms with Crippen molar-refractivity contribution in [2.75, 3.05) is 19.7 Å².